The van der Waals surface area contributed by atoms with Crippen LogP contribution in [-0.2, 0) is 15.6 Å². The molecule has 0 spiro atoms. The average molecular weight is 462 g/mol. The molecule has 0 saturated carbocycles. The SMILES string of the molecule is Cc1ccc(CSc2oc(-c3cccs3)nc2S(=O)(=O)c2ccc(Cl)cc2)cc1. The molecule has 0 radical (unpaired) electrons. The lowest BCUT2D eigenvalue weighted by atomic mass is 10.2. The van der Waals surface area contributed by atoms with Gasteiger partial charge in [-0.3, -0.25) is 0 Å². The van der Waals surface area contributed by atoms with E-state index in [2.05, 4.69) is 4.98 Å². The van der Waals surface area contributed by atoms with E-state index in [0.29, 0.717) is 16.7 Å². The molecule has 4 nitrogen and oxygen atoms in total. The van der Waals surface area contributed by atoms with Crippen molar-refractivity contribution in [1.82, 2.24) is 4.98 Å². The molecule has 4 aromatic rings. The minimum atomic E-state index is -3.85. The smallest absolute Gasteiger partial charge is 0.238 e. The highest BCUT2D eigenvalue weighted by Crippen LogP contribution is 2.37. The van der Waals surface area contributed by atoms with Crippen LogP contribution in [0.2, 0.25) is 5.02 Å². The summed E-state index contributed by atoms with van der Waals surface area (Å²) in [7, 11) is -3.85. The minimum Gasteiger partial charge on any atom is -0.428 e. The van der Waals surface area contributed by atoms with Crippen LogP contribution in [0.15, 0.2) is 85.5 Å². The maximum Gasteiger partial charge on any atom is 0.238 e. The fourth-order valence-corrected chi connectivity index (χ4v) is 5.88. The number of oxazole rings is 1. The molecule has 0 aliphatic carbocycles. The highest BCUT2D eigenvalue weighted by Gasteiger charge is 2.29. The lowest BCUT2D eigenvalue weighted by molar-refractivity contribution is 0.471. The van der Waals surface area contributed by atoms with Gasteiger partial charge in [-0.1, -0.05) is 59.3 Å². The van der Waals surface area contributed by atoms with E-state index in [9.17, 15) is 8.42 Å². The molecule has 0 N–H and O–H groups in total. The van der Waals surface area contributed by atoms with Crippen molar-refractivity contribution in [1.29, 1.82) is 0 Å². The van der Waals surface area contributed by atoms with Crippen LogP contribution in [0.25, 0.3) is 10.8 Å². The molecule has 0 atom stereocenters. The first-order valence-electron chi connectivity index (χ1n) is 8.67. The number of halogens is 1. The van der Waals surface area contributed by atoms with Gasteiger partial charge < -0.3 is 4.42 Å². The molecule has 2 heterocycles. The summed E-state index contributed by atoms with van der Waals surface area (Å²) in [6, 6.07) is 17.9. The standard InChI is InChI=1S/C21H16ClNO3S3/c1-14-4-6-15(7-5-14)13-28-21-20(23-19(26-21)18-3-2-12-27-18)29(24,25)17-10-8-16(22)9-11-17/h2-12H,13H2,1H3. The van der Waals surface area contributed by atoms with Gasteiger partial charge in [-0.15, -0.1) is 11.3 Å². The maximum absolute atomic E-state index is 13.2. The van der Waals surface area contributed by atoms with E-state index < -0.39 is 9.84 Å². The first kappa shape index (κ1) is 20.2. The monoisotopic (exact) mass is 461 g/mol. The summed E-state index contributed by atoms with van der Waals surface area (Å²) < 4.78 is 32.4. The van der Waals surface area contributed by atoms with Gasteiger partial charge in [0.25, 0.3) is 0 Å². The molecule has 29 heavy (non-hydrogen) atoms. The highest BCUT2D eigenvalue weighted by molar-refractivity contribution is 7.99. The summed E-state index contributed by atoms with van der Waals surface area (Å²) in [5.41, 5.74) is 2.24. The fourth-order valence-electron chi connectivity index (χ4n) is 2.62. The van der Waals surface area contributed by atoms with Crippen molar-refractivity contribution in [3.8, 4) is 10.8 Å². The third-order valence-corrected chi connectivity index (χ3v) is 8.10. The van der Waals surface area contributed by atoms with Crippen molar-refractivity contribution < 1.29 is 12.8 Å². The van der Waals surface area contributed by atoms with Crippen molar-refractivity contribution in [2.75, 3.05) is 0 Å². The number of thiophene rings is 1. The van der Waals surface area contributed by atoms with E-state index in [0.717, 1.165) is 10.4 Å². The summed E-state index contributed by atoms with van der Waals surface area (Å²) in [4.78, 5) is 5.26. The van der Waals surface area contributed by atoms with Gasteiger partial charge in [0.2, 0.25) is 25.8 Å². The predicted octanol–water partition coefficient (Wildman–Crippen LogP) is 6.49. The Kier molecular flexibility index (Phi) is 5.83. The molecule has 0 bridgehead atoms. The molecule has 2 aromatic heterocycles. The number of aryl methyl sites for hydroxylation is 1. The second kappa shape index (κ2) is 8.36. The van der Waals surface area contributed by atoms with Crippen LogP contribution in [0.4, 0.5) is 0 Å². The Morgan fingerprint density at radius 2 is 1.79 bits per heavy atom. The van der Waals surface area contributed by atoms with Crippen LogP contribution in [0, 0.1) is 6.92 Å². The number of nitrogens with zero attached hydrogens (tertiary/aromatic N) is 1. The molecule has 0 unspecified atom stereocenters. The molecule has 0 aliphatic heterocycles. The lowest BCUT2D eigenvalue weighted by Crippen LogP contribution is -2.03. The topological polar surface area (TPSA) is 60.2 Å². The summed E-state index contributed by atoms with van der Waals surface area (Å²) in [6.45, 7) is 2.03. The van der Waals surface area contributed by atoms with Crippen molar-refractivity contribution in [2.24, 2.45) is 0 Å². The summed E-state index contributed by atoms with van der Waals surface area (Å²) in [5, 5.41) is 2.58. The van der Waals surface area contributed by atoms with Crippen molar-refractivity contribution >= 4 is 44.5 Å². The lowest BCUT2D eigenvalue weighted by Gasteiger charge is -2.04. The molecule has 0 aliphatic rings. The molecule has 0 amide bonds. The third kappa shape index (κ3) is 4.43. The van der Waals surface area contributed by atoms with Crippen LogP contribution in [-0.4, -0.2) is 13.4 Å². The molecular formula is C21H16ClNO3S3. The molecular weight excluding hydrogens is 446 g/mol. The highest BCUT2D eigenvalue weighted by atomic mass is 35.5. The Labute approximate surface area is 182 Å². The van der Waals surface area contributed by atoms with Crippen molar-refractivity contribution in [2.45, 2.75) is 27.7 Å². The van der Waals surface area contributed by atoms with Gasteiger partial charge in [-0.25, -0.2) is 8.42 Å². The fraction of sp³-hybridized carbons (Fsp3) is 0.0952. The van der Waals surface area contributed by atoms with E-state index in [4.69, 9.17) is 16.0 Å². The number of hydrogen-bond donors (Lipinski definition) is 0. The first-order valence-corrected chi connectivity index (χ1v) is 12.4. The number of sulfone groups is 1. The Bertz CT molecular complexity index is 1210. The quantitative estimate of drug-likeness (QED) is 0.307. The van der Waals surface area contributed by atoms with Crippen LogP contribution in [0.1, 0.15) is 11.1 Å². The molecule has 0 saturated heterocycles. The van der Waals surface area contributed by atoms with E-state index >= 15 is 0 Å². The Hall–Kier alpha value is -2.06. The second-order valence-corrected chi connectivity index (χ2v) is 10.5. The third-order valence-electron chi connectivity index (χ3n) is 4.17. The number of aromatic nitrogens is 1. The largest absolute Gasteiger partial charge is 0.428 e. The molecule has 148 valence electrons. The van der Waals surface area contributed by atoms with Gasteiger partial charge in [-0.2, -0.15) is 4.98 Å². The van der Waals surface area contributed by atoms with E-state index in [-0.39, 0.29) is 15.0 Å². The number of rotatable bonds is 6. The average Bonchev–Trinajstić information content (AvgIpc) is 3.38. The number of benzene rings is 2. The molecule has 8 heteroatoms. The van der Waals surface area contributed by atoms with Gasteiger partial charge >= 0.3 is 0 Å². The first-order chi connectivity index (χ1) is 13.9. The second-order valence-electron chi connectivity index (χ2n) is 6.32. The zero-order valence-corrected chi connectivity index (χ0v) is 18.5. The van der Waals surface area contributed by atoms with Gasteiger partial charge in [0.05, 0.1) is 9.77 Å². The van der Waals surface area contributed by atoms with E-state index in [1.54, 1.807) is 12.1 Å². The normalized spacial score (nSPS) is 11.7. The maximum atomic E-state index is 13.2. The summed E-state index contributed by atoms with van der Waals surface area (Å²) in [5.74, 6) is 0.876. The Morgan fingerprint density at radius 1 is 1.07 bits per heavy atom. The minimum absolute atomic E-state index is 0.0691. The van der Waals surface area contributed by atoms with Gasteiger partial charge in [0.1, 0.15) is 0 Å². The summed E-state index contributed by atoms with van der Waals surface area (Å²) in [6.07, 6.45) is 0. The van der Waals surface area contributed by atoms with Crippen LogP contribution in [0.5, 0.6) is 0 Å². The number of hydrogen-bond acceptors (Lipinski definition) is 6. The van der Waals surface area contributed by atoms with Crippen LogP contribution < -0.4 is 0 Å². The van der Waals surface area contributed by atoms with E-state index in [1.165, 1.54) is 40.8 Å². The zero-order valence-electron chi connectivity index (χ0n) is 15.3. The van der Waals surface area contributed by atoms with E-state index in [1.807, 2.05) is 48.7 Å². The van der Waals surface area contributed by atoms with Crippen molar-refractivity contribution in [3.63, 3.8) is 0 Å². The Balaban J connectivity index is 1.73. The van der Waals surface area contributed by atoms with Gasteiger partial charge in [0.15, 0.2) is 0 Å². The molecule has 0 fully saturated rings. The molecule has 2 aromatic carbocycles. The molecule has 4 rings (SSSR count). The van der Waals surface area contributed by atoms with Gasteiger partial charge in [0, 0.05) is 10.8 Å². The predicted molar refractivity (Wildman–Crippen MR) is 117 cm³/mol. The summed E-state index contributed by atoms with van der Waals surface area (Å²) >= 11 is 8.67. The van der Waals surface area contributed by atoms with Crippen LogP contribution in [0.3, 0.4) is 0 Å². The van der Waals surface area contributed by atoms with Gasteiger partial charge in [-0.05, 0) is 48.2 Å². The zero-order chi connectivity index (χ0) is 20.4. The van der Waals surface area contributed by atoms with Crippen LogP contribution >= 0.6 is 34.7 Å². The number of thioether (sulfide) groups is 1. The van der Waals surface area contributed by atoms with Crippen molar-refractivity contribution in [3.05, 3.63) is 82.2 Å². The Morgan fingerprint density at radius 3 is 2.45 bits per heavy atom.